The summed E-state index contributed by atoms with van der Waals surface area (Å²) in [6.45, 7) is -0.471. The van der Waals surface area contributed by atoms with Crippen molar-refractivity contribution in [1.29, 1.82) is 0 Å². The molecule has 2 aliphatic rings. The smallest absolute Gasteiger partial charge is 0.325 e. The fourth-order valence-corrected chi connectivity index (χ4v) is 4.49. The van der Waals surface area contributed by atoms with Crippen LogP contribution >= 0.6 is 0 Å². The lowest BCUT2D eigenvalue weighted by Gasteiger charge is -2.34. The largest absolute Gasteiger partial charge is 0.468 e. The number of hydrogen-bond donors (Lipinski definition) is 1. The van der Waals surface area contributed by atoms with E-state index in [1.165, 1.54) is 7.11 Å². The molecule has 1 spiro atoms. The maximum atomic E-state index is 13.6. The topological polar surface area (TPSA) is 106 Å². The average Bonchev–Trinajstić information content (AvgIpc) is 3.32. The number of rotatable bonds is 5. The van der Waals surface area contributed by atoms with Crippen LogP contribution in [0, 0.1) is 0 Å². The summed E-state index contributed by atoms with van der Waals surface area (Å²) >= 11 is 0. The van der Waals surface area contributed by atoms with Crippen LogP contribution in [0.1, 0.15) is 36.0 Å². The van der Waals surface area contributed by atoms with E-state index in [9.17, 15) is 23.2 Å². The molecule has 1 N–H and O–H groups in total. The number of benzene rings is 1. The Kier molecular flexibility index (Phi) is 5.07. The summed E-state index contributed by atoms with van der Waals surface area (Å²) in [5.74, 6) is -3.92. The number of imidazole rings is 1. The molecule has 11 heteroatoms. The van der Waals surface area contributed by atoms with Gasteiger partial charge in [0.05, 0.1) is 19.3 Å². The number of nitrogens with one attached hydrogen (secondary N) is 1. The fraction of sp³-hybridized carbons (Fsp3) is 0.348. The molecule has 34 heavy (non-hydrogen) atoms. The second-order valence-corrected chi connectivity index (χ2v) is 8.51. The SMILES string of the molecule is COc1nc2cccnc2n1-c1ccc(C(=O)CN2C(=O)NC3(CCC(F)(F)CC3)C2=O)cc1. The van der Waals surface area contributed by atoms with Gasteiger partial charge in [-0.05, 0) is 49.2 Å². The number of Topliss-reactive ketones (excluding diaryl/α,β-unsaturated/α-hetero) is 1. The Balaban J connectivity index is 1.34. The van der Waals surface area contributed by atoms with Gasteiger partial charge in [-0.3, -0.25) is 14.5 Å². The zero-order chi connectivity index (χ0) is 24.1. The van der Waals surface area contributed by atoms with Crippen LogP contribution in [-0.4, -0.2) is 62.3 Å². The van der Waals surface area contributed by atoms with Gasteiger partial charge in [-0.1, -0.05) is 0 Å². The standard InChI is InChI=1S/C23H21F2N5O4/c1-34-21-27-16-3-2-12-26-18(16)30(21)15-6-4-14(5-7-15)17(31)13-29-19(32)22(28-20(29)33)8-10-23(24,25)11-9-22/h2-7,12H,8-11,13H2,1H3,(H,28,33). The molecule has 0 unspecified atom stereocenters. The molecular weight excluding hydrogens is 448 g/mol. The third-order valence-corrected chi connectivity index (χ3v) is 6.40. The van der Waals surface area contributed by atoms with Crippen molar-refractivity contribution < 1.29 is 27.9 Å². The van der Waals surface area contributed by atoms with Gasteiger partial charge in [-0.2, -0.15) is 4.98 Å². The molecule has 0 radical (unpaired) electrons. The minimum Gasteiger partial charge on any atom is -0.468 e. The maximum Gasteiger partial charge on any atom is 0.325 e. The maximum absolute atomic E-state index is 13.6. The molecule has 1 saturated carbocycles. The van der Waals surface area contributed by atoms with Crippen molar-refractivity contribution in [2.24, 2.45) is 0 Å². The molecule has 1 aliphatic heterocycles. The fourth-order valence-electron chi connectivity index (χ4n) is 4.49. The van der Waals surface area contributed by atoms with Gasteiger partial charge in [-0.15, -0.1) is 0 Å². The predicted molar refractivity (Wildman–Crippen MR) is 116 cm³/mol. The van der Waals surface area contributed by atoms with E-state index in [-0.39, 0.29) is 18.4 Å². The summed E-state index contributed by atoms with van der Waals surface area (Å²) < 4.78 is 34.2. The van der Waals surface area contributed by atoms with Gasteiger partial charge in [0.1, 0.15) is 11.1 Å². The van der Waals surface area contributed by atoms with Crippen LogP contribution in [0.3, 0.4) is 0 Å². The third-order valence-electron chi connectivity index (χ3n) is 6.40. The highest BCUT2D eigenvalue weighted by Gasteiger charge is 2.55. The number of carbonyl (C=O) groups is 3. The number of halogens is 2. The number of amides is 3. The summed E-state index contributed by atoms with van der Waals surface area (Å²) in [4.78, 5) is 47.7. The van der Waals surface area contributed by atoms with E-state index in [1.54, 1.807) is 47.2 Å². The van der Waals surface area contributed by atoms with Crippen LogP contribution in [0.2, 0.25) is 0 Å². The Bertz CT molecular complexity index is 1290. The highest BCUT2D eigenvalue weighted by molar-refractivity contribution is 6.11. The number of fused-ring (bicyclic) bond motifs is 1. The Morgan fingerprint density at radius 2 is 1.82 bits per heavy atom. The van der Waals surface area contributed by atoms with Gasteiger partial charge in [0.25, 0.3) is 5.91 Å². The molecule has 0 atom stereocenters. The number of urea groups is 1. The average molecular weight is 469 g/mol. The number of aromatic nitrogens is 3. The van der Waals surface area contributed by atoms with Gasteiger partial charge in [0.2, 0.25) is 5.92 Å². The molecule has 0 bridgehead atoms. The Labute approximate surface area is 192 Å². The lowest BCUT2D eigenvalue weighted by Crippen LogP contribution is -2.51. The van der Waals surface area contributed by atoms with Crippen molar-refractivity contribution in [2.45, 2.75) is 37.1 Å². The zero-order valence-electron chi connectivity index (χ0n) is 18.3. The molecule has 1 aliphatic carbocycles. The third kappa shape index (κ3) is 3.57. The first-order valence-corrected chi connectivity index (χ1v) is 10.8. The lowest BCUT2D eigenvalue weighted by molar-refractivity contribution is -0.135. The van der Waals surface area contributed by atoms with E-state index >= 15 is 0 Å². The number of nitrogens with zero attached hydrogens (tertiary/aromatic N) is 4. The van der Waals surface area contributed by atoms with E-state index in [0.717, 1.165) is 4.90 Å². The summed E-state index contributed by atoms with van der Waals surface area (Å²) in [7, 11) is 1.49. The molecule has 3 aromatic rings. The van der Waals surface area contributed by atoms with Crippen LogP contribution in [0.25, 0.3) is 16.9 Å². The number of ether oxygens (including phenoxy) is 1. The van der Waals surface area contributed by atoms with Crippen LogP contribution in [0.4, 0.5) is 13.6 Å². The van der Waals surface area contributed by atoms with E-state index in [1.807, 2.05) is 0 Å². The van der Waals surface area contributed by atoms with Gasteiger partial charge in [-0.25, -0.2) is 23.1 Å². The normalized spacial score (nSPS) is 19.0. The van der Waals surface area contributed by atoms with Crippen molar-refractivity contribution >= 4 is 28.9 Å². The van der Waals surface area contributed by atoms with Crippen LogP contribution < -0.4 is 10.1 Å². The summed E-state index contributed by atoms with van der Waals surface area (Å²) in [5.41, 5.74) is 0.826. The number of ketones is 1. The predicted octanol–water partition coefficient (Wildman–Crippen LogP) is 3.11. The first-order valence-electron chi connectivity index (χ1n) is 10.8. The number of alkyl halides is 2. The van der Waals surface area contributed by atoms with Crippen molar-refractivity contribution in [3.8, 4) is 11.7 Å². The quantitative estimate of drug-likeness (QED) is 0.455. The second-order valence-electron chi connectivity index (χ2n) is 8.51. The van der Waals surface area contributed by atoms with Crippen molar-refractivity contribution in [3.63, 3.8) is 0 Å². The van der Waals surface area contributed by atoms with E-state index in [2.05, 4.69) is 15.3 Å². The Morgan fingerprint density at radius 1 is 1.12 bits per heavy atom. The number of pyridine rings is 1. The monoisotopic (exact) mass is 469 g/mol. The molecular formula is C23H21F2N5O4. The number of methoxy groups -OCH3 is 1. The minimum atomic E-state index is -2.85. The van der Waals surface area contributed by atoms with Gasteiger partial charge in [0.15, 0.2) is 11.4 Å². The number of carbonyl (C=O) groups excluding carboxylic acids is 3. The summed E-state index contributed by atoms with van der Waals surface area (Å²) in [6.07, 6.45) is 0.362. The lowest BCUT2D eigenvalue weighted by atomic mass is 9.80. The van der Waals surface area contributed by atoms with Gasteiger partial charge < -0.3 is 10.1 Å². The van der Waals surface area contributed by atoms with E-state index in [0.29, 0.717) is 22.9 Å². The molecule has 176 valence electrons. The highest BCUT2D eigenvalue weighted by atomic mass is 19.3. The number of imide groups is 1. The molecule has 1 aromatic carbocycles. The van der Waals surface area contributed by atoms with Gasteiger partial charge in [0, 0.05) is 24.6 Å². The number of hydrogen-bond acceptors (Lipinski definition) is 6. The molecule has 1 saturated heterocycles. The molecule has 5 rings (SSSR count). The molecule has 9 nitrogen and oxygen atoms in total. The second kappa shape index (κ2) is 7.86. The van der Waals surface area contributed by atoms with Crippen LogP contribution in [-0.2, 0) is 4.79 Å². The summed E-state index contributed by atoms with van der Waals surface area (Å²) in [5, 5.41) is 2.54. The van der Waals surface area contributed by atoms with Gasteiger partial charge >= 0.3 is 12.0 Å². The summed E-state index contributed by atoms with van der Waals surface area (Å²) in [6, 6.07) is 9.67. The van der Waals surface area contributed by atoms with Crippen LogP contribution in [0.5, 0.6) is 6.01 Å². The zero-order valence-corrected chi connectivity index (χ0v) is 18.3. The Morgan fingerprint density at radius 3 is 2.50 bits per heavy atom. The molecule has 3 heterocycles. The first kappa shape index (κ1) is 21.9. The molecule has 2 fully saturated rings. The molecule has 2 aromatic heterocycles. The van der Waals surface area contributed by atoms with Crippen molar-refractivity contribution in [2.75, 3.05) is 13.7 Å². The molecule has 3 amide bonds. The van der Waals surface area contributed by atoms with Crippen molar-refractivity contribution in [1.82, 2.24) is 24.8 Å². The first-order chi connectivity index (χ1) is 16.2. The van der Waals surface area contributed by atoms with Crippen molar-refractivity contribution in [3.05, 3.63) is 48.2 Å². The van der Waals surface area contributed by atoms with E-state index < -0.39 is 48.6 Å². The Hall–Kier alpha value is -3.89. The highest BCUT2D eigenvalue weighted by Crippen LogP contribution is 2.41. The minimum absolute atomic E-state index is 0.154. The van der Waals surface area contributed by atoms with E-state index in [4.69, 9.17) is 4.74 Å². The van der Waals surface area contributed by atoms with Crippen LogP contribution in [0.15, 0.2) is 42.6 Å².